The third kappa shape index (κ3) is 4.66. The van der Waals surface area contributed by atoms with Gasteiger partial charge in [0.05, 0.1) is 18.7 Å². The largest absolute Gasteiger partial charge is 0.465 e. The van der Waals surface area contributed by atoms with Crippen LogP contribution in [0.2, 0.25) is 0 Å². The molecule has 134 valence electrons. The van der Waals surface area contributed by atoms with Crippen LogP contribution in [0.4, 0.5) is 13.6 Å². The number of benzene rings is 1. The Hall–Kier alpha value is -2.18. The lowest BCUT2D eigenvalue weighted by Gasteiger charge is -2.30. The average molecular weight is 343 g/mol. The van der Waals surface area contributed by atoms with Gasteiger partial charge in [-0.1, -0.05) is 6.92 Å². The van der Waals surface area contributed by atoms with Gasteiger partial charge in [-0.05, 0) is 39.3 Å². The van der Waals surface area contributed by atoms with E-state index in [4.69, 9.17) is 4.74 Å². The second kappa shape index (κ2) is 7.59. The van der Waals surface area contributed by atoms with Crippen LogP contribution < -0.4 is 0 Å². The molecule has 1 amide bonds. The molecule has 1 rings (SSSR count). The zero-order valence-corrected chi connectivity index (χ0v) is 14.8. The number of ether oxygens (including phenoxy) is 2. The minimum absolute atomic E-state index is 0.0315. The van der Waals surface area contributed by atoms with Gasteiger partial charge in [0, 0.05) is 12.6 Å². The predicted octanol–water partition coefficient (Wildman–Crippen LogP) is 4.07. The molecular weight excluding hydrogens is 320 g/mol. The number of rotatable bonds is 4. The lowest BCUT2D eigenvalue weighted by atomic mass is 10.0. The minimum atomic E-state index is -0.966. The van der Waals surface area contributed by atoms with Crippen molar-refractivity contribution in [1.29, 1.82) is 0 Å². The molecule has 0 radical (unpaired) electrons. The Morgan fingerprint density at radius 3 is 2.25 bits per heavy atom. The molecule has 1 aromatic carbocycles. The van der Waals surface area contributed by atoms with E-state index in [2.05, 4.69) is 4.74 Å². The minimum Gasteiger partial charge on any atom is -0.465 e. The molecule has 0 bridgehead atoms. The number of halogens is 2. The topological polar surface area (TPSA) is 55.8 Å². The highest BCUT2D eigenvalue weighted by Gasteiger charge is 2.28. The second-order valence-corrected chi connectivity index (χ2v) is 6.36. The van der Waals surface area contributed by atoms with Crippen molar-refractivity contribution < 1.29 is 27.8 Å². The number of carbonyl (C=O) groups excluding carboxylic acids is 2. The number of nitrogens with zero attached hydrogens (tertiary/aromatic N) is 1. The quantitative estimate of drug-likeness (QED) is 0.773. The van der Waals surface area contributed by atoms with Crippen LogP contribution in [0.1, 0.15) is 56.1 Å². The summed E-state index contributed by atoms with van der Waals surface area (Å²) in [6.07, 6.45) is -0.310. The number of hydrogen-bond donors (Lipinski definition) is 0. The molecule has 0 heterocycles. The monoisotopic (exact) mass is 343 g/mol. The first-order chi connectivity index (χ1) is 11.0. The van der Waals surface area contributed by atoms with Crippen LogP contribution in [0.3, 0.4) is 0 Å². The summed E-state index contributed by atoms with van der Waals surface area (Å²) in [4.78, 5) is 24.8. The fourth-order valence-electron chi connectivity index (χ4n) is 2.25. The van der Waals surface area contributed by atoms with Crippen molar-refractivity contribution >= 4 is 12.1 Å². The number of esters is 1. The third-order valence-electron chi connectivity index (χ3n) is 3.39. The Labute approximate surface area is 140 Å². The molecule has 1 aromatic rings. The van der Waals surface area contributed by atoms with Crippen molar-refractivity contribution in [3.8, 4) is 0 Å². The van der Waals surface area contributed by atoms with Crippen molar-refractivity contribution in [3.05, 3.63) is 34.9 Å². The summed E-state index contributed by atoms with van der Waals surface area (Å²) >= 11 is 0. The van der Waals surface area contributed by atoms with Gasteiger partial charge in [-0.25, -0.2) is 18.4 Å². The van der Waals surface area contributed by atoms with Crippen LogP contribution in [0.25, 0.3) is 0 Å². The Morgan fingerprint density at radius 1 is 1.21 bits per heavy atom. The molecule has 0 spiro atoms. The van der Waals surface area contributed by atoms with Crippen molar-refractivity contribution in [2.24, 2.45) is 0 Å². The van der Waals surface area contributed by atoms with Crippen LogP contribution in [0.15, 0.2) is 12.1 Å². The summed E-state index contributed by atoms with van der Waals surface area (Å²) in [5.74, 6) is -2.67. The summed E-state index contributed by atoms with van der Waals surface area (Å²) in [5, 5.41) is 0. The standard InChI is InChI=1S/C17H23F2NO4/c1-7-14(20(5)16(22)24-17(2,3)4)10-8-13(19)11(9-12(10)18)15(21)23-6/h8-9,14H,7H2,1-6H3. The van der Waals surface area contributed by atoms with E-state index < -0.39 is 40.9 Å². The smallest absolute Gasteiger partial charge is 0.410 e. The van der Waals surface area contributed by atoms with E-state index in [0.717, 1.165) is 19.2 Å². The lowest BCUT2D eigenvalue weighted by molar-refractivity contribution is 0.0212. The predicted molar refractivity (Wildman–Crippen MR) is 84.7 cm³/mol. The molecular formula is C17H23F2NO4. The molecule has 0 aliphatic carbocycles. The molecule has 0 aliphatic rings. The Bertz CT molecular complexity index is 626. The normalized spacial score (nSPS) is 12.5. The molecule has 1 unspecified atom stereocenters. The lowest BCUT2D eigenvalue weighted by Crippen LogP contribution is -2.36. The average Bonchev–Trinajstić information content (AvgIpc) is 2.48. The van der Waals surface area contributed by atoms with Crippen molar-refractivity contribution in [3.63, 3.8) is 0 Å². The van der Waals surface area contributed by atoms with E-state index in [1.165, 1.54) is 11.9 Å². The van der Waals surface area contributed by atoms with Gasteiger partial charge in [0.2, 0.25) is 0 Å². The van der Waals surface area contributed by atoms with E-state index in [1.54, 1.807) is 27.7 Å². The number of carbonyl (C=O) groups is 2. The van der Waals surface area contributed by atoms with Crippen LogP contribution >= 0.6 is 0 Å². The third-order valence-corrected chi connectivity index (χ3v) is 3.39. The van der Waals surface area contributed by atoms with Crippen molar-refractivity contribution in [2.75, 3.05) is 14.2 Å². The van der Waals surface area contributed by atoms with Gasteiger partial charge in [0.15, 0.2) is 0 Å². The van der Waals surface area contributed by atoms with Crippen LogP contribution in [0.5, 0.6) is 0 Å². The molecule has 0 saturated carbocycles. The first-order valence-corrected chi connectivity index (χ1v) is 7.54. The van der Waals surface area contributed by atoms with Crippen LogP contribution in [-0.4, -0.2) is 36.7 Å². The Balaban J connectivity index is 3.19. The number of methoxy groups -OCH3 is 1. The summed E-state index contributed by atoms with van der Waals surface area (Å²) in [6.45, 7) is 6.87. The Kier molecular flexibility index (Phi) is 6.29. The highest BCUT2D eigenvalue weighted by Crippen LogP contribution is 2.29. The summed E-state index contributed by atoms with van der Waals surface area (Å²) in [5.41, 5.74) is -1.23. The SMILES string of the molecule is CCC(c1cc(F)c(C(=O)OC)cc1F)N(C)C(=O)OC(C)(C)C. The van der Waals surface area contributed by atoms with Gasteiger partial charge < -0.3 is 14.4 Å². The number of amides is 1. The highest BCUT2D eigenvalue weighted by molar-refractivity contribution is 5.89. The van der Waals surface area contributed by atoms with E-state index in [0.29, 0.717) is 6.42 Å². The fourth-order valence-corrected chi connectivity index (χ4v) is 2.25. The maximum Gasteiger partial charge on any atom is 0.410 e. The summed E-state index contributed by atoms with van der Waals surface area (Å²) < 4.78 is 38.1. The Morgan fingerprint density at radius 2 is 1.79 bits per heavy atom. The zero-order chi connectivity index (χ0) is 18.7. The van der Waals surface area contributed by atoms with E-state index in [1.807, 2.05) is 0 Å². The van der Waals surface area contributed by atoms with Crippen molar-refractivity contribution in [2.45, 2.75) is 45.8 Å². The molecule has 7 heteroatoms. The van der Waals surface area contributed by atoms with Crippen LogP contribution in [0, 0.1) is 11.6 Å². The number of hydrogen-bond acceptors (Lipinski definition) is 4. The highest BCUT2D eigenvalue weighted by atomic mass is 19.1. The van der Waals surface area contributed by atoms with Gasteiger partial charge in [-0.15, -0.1) is 0 Å². The maximum atomic E-state index is 14.4. The van der Waals surface area contributed by atoms with E-state index in [-0.39, 0.29) is 5.56 Å². The molecule has 1 atom stereocenters. The van der Waals surface area contributed by atoms with Gasteiger partial charge in [-0.2, -0.15) is 0 Å². The van der Waals surface area contributed by atoms with E-state index in [9.17, 15) is 18.4 Å². The molecule has 0 aliphatic heterocycles. The van der Waals surface area contributed by atoms with Crippen LogP contribution in [-0.2, 0) is 9.47 Å². The van der Waals surface area contributed by atoms with Gasteiger partial charge in [0.1, 0.15) is 17.2 Å². The first kappa shape index (κ1) is 19.9. The van der Waals surface area contributed by atoms with Gasteiger partial charge in [0.25, 0.3) is 0 Å². The molecule has 0 N–H and O–H groups in total. The van der Waals surface area contributed by atoms with Gasteiger partial charge in [-0.3, -0.25) is 0 Å². The van der Waals surface area contributed by atoms with E-state index >= 15 is 0 Å². The maximum absolute atomic E-state index is 14.4. The first-order valence-electron chi connectivity index (χ1n) is 7.54. The zero-order valence-electron chi connectivity index (χ0n) is 14.8. The summed E-state index contributed by atoms with van der Waals surface area (Å²) in [6, 6.07) is 0.958. The molecule has 0 aromatic heterocycles. The second-order valence-electron chi connectivity index (χ2n) is 6.36. The fraction of sp³-hybridized carbons (Fsp3) is 0.529. The molecule has 5 nitrogen and oxygen atoms in total. The van der Waals surface area contributed by atoms with Gasteiger partial charge >= 0.3 is 12.1 Å². The molecule has 24 heavy (non-hydrogen) atoms. The van der Waals surface area contributed by atoms with Crippen molar-refractivity contribution in [1.82, 2.24) is 4.90 Å². The molecule has 0 fully saturated rings. The summed E-state index contributed by atoms with van der Waals surface area (Å²) in [7, 11) is 2.53. The molecule has 0 saturated heterocycles.